The molecule has 0 bridgehead atoms. The van der Waals surface area contributed by atoms with E-state index in [1.165, 1.54) is 25.3 Å². The van der Waals surface area contributed by atoms with Gasteiger partial charge in [0.05, 0.1) is 28.9 Å². The Kier molecular flexibility index (Phi) is 7.14. The van der Waals surface area contributed by atoms with Gasteiger partial charge in [0, 0.05) is 0 Å². The Balaban J connectivity index is 2.29. The standard InChI is InChI=1S/C17H15BrF3NO6S/c1-27-15-7-2-10(8-13(15)18)14(9-16(23)24)22-29(25,26)12-5-3-11(4-6-12)28-17(19,20)21/h2-8,14,22H,9H2,1H3,(H,23,24)/t14-/m0/s1. The van der Waals surface area contributed by atoms with Gasteiger partial charge in [-0.2, -0.15) is 0 Å². The van der Waals surface area contributed by atoms with E-state index < -0.39 is 40.6 Å². The Bertz CT molecular complexity index is 980. The number of carbonyl (C=O) groups is 1. The van der Waals surface area contributed by atoms with Gasteiger partial charge in [-0.15, -0.1) is 13.2 Å². The van der Waals surface area contributed by atoms with Crippen LogP contribution in [0, 0.1) is 0 Å². The van der Waals surface area contributed by atoms with Gasteiger partial charge in [-0.05, 0) is 57.9 Å². The van der Waals surface area contributed by atoms with E-state index in [0.717, 1.165) is 24.3 Å². The Labute approximate surface area is 172 Å². The predicted octanol–water partition coefficient (Wildman–Crippen LogP) is 3.85. The highest BCUT2D eigenvalue weighted by molar-refractivity contribution is 9.10. The molecule has 0 aliphatic rings. The number of ether oxygens (including phenoxy) is 2. The first kappa shape index (κ1) is 23.0. The summed E-state index contributed by atoms with van der Waals surface area (Å²) in [5.41, 5.74) is 0.348. The molecule has 2 aromatic carbocycles. The second-order valence-corrected chi connectivity index (χ2v) is 8.25. The normalized spacial score (nSPS) is 13.0. The zero-order valence-corrected chi connectivity index (χ0v) is 17.1. The zero-order chi connectivity index (χ0) is 21.8. The number of halogens is 4. The maximum atomic E-state index is 12.6. The average molecular weight is 498 g/mol. The van der Waals surface area contributed by atoms with E-state index in [-0.39, 0.29) is 4.90 Å². The van der Waals surface area contributed by atoms with Gasteiger partial charge in [0.1, 0.15) is 11.5 Å². The largest absolute Gasteiger partial charge is 0.573 e. The van der Waals surface area contributed by atoms with Crippen LogP contribution >= 0.6 is 15.9 Å². The van der Waals surface area contributed by atoms with Crippen LogP contribution in [0.1, 0.15) is 18.0 Å². The Hall–Kier alpha value is -2.31. The van der Waals surface area contributed by atoms with Crippen LogP contribution in [0.5, 0.6) is 11.5 Å². The van der Waals surface area contributed by atoms with E-state index in [0.29, 0.717) is 15.8 Å². The topological polar surface area (TPSA) is 102 Å². The Morgan fingerprint density at radius 2 is 1.83 bits per heavy atom. The van der Waals surface area contributed by atoms with Gasteiger partial charge in [0.25, 0.3) is 0 Å². The molecule has 1 atom stereocenters. The van der Waals surface area contributed by atoms with Crippen LogP contribution in [0.15, 0.2) is 51.8 Å². The lowest BCUT2D eigenvalue weighted by atomic mass is 10.0. The van der Waals surface area contributed by atoms with Crippen LogP contribution in [0.3, 0.4) is 0 Å². The molecule has 0 heterocycles. The summed E-state index contributed by atoms with van der Waals surface area (Å²) in [6, 6.07) is 6.94. The fourth-order valence-corrected chi connectivity index (χ4v) is 4.16. The van der Waals surface area contributed by atoms with Crippen LogP contribution in [-0.2, 0) is 14.8 Å². The van der Waals surface area contributed by atoms with Crippen LogP contribution in [0.25, 0.3) is 0 Å². The molecule has 2 aromatic rings. The van der Waals surface area contributed by atoms with E-state index in [1.54, 1.807) is 0 Å². The summed E-state index contributed by atoms with van der Waals surface area (Å²) in [6.45, 7) is 0. The fourth-order valence-electron chi connectivity index (χ4n) is 2.38. The van der Waals surface area contributed by atoms with E-state index in [1.807, 2.05) is 0 Å². The second-order valence-electron chi connectivity index (χ2n) is 5.68. The first-order chi connectivity index (χ1) is 13.4. The minimum absolute atomic E-state index is 0.348. The Morgan fingerprint density at radius 3 is 2.31 bits per heavy atom. The first-order valence-electron chi connectivity index (χ1n) is 7.84. The van der Waals surface area contributed by atoms with E-state index in [2.05, 4.69) is 25.4 Å². The molecule has 0 radical (unpaired) electrons. The molecule has 0 fully saturated rings. The summed E-state index contributed by atoms with van der Waals surface area (Å²) in [5, 5.41) is 9.13. The SMILES string of the molecule is COc1ccc([C@H](CC(=O)O)NS(=O)(=O)c2ccc(OC(F)(F)F)cc2)cc1Br. The lowest BCUT2D eigenvalue weighted by molar-refractivity contribution is -0.274. The summed E-state index contributed by atoms with van der Waals surface area (Å²) >= 11 is 3.24. The number of benzene rings is 2. The molecule has 0 spiro atoms. The number of nitrogens with one attached hydrogen (secondary N) is 1. The van der Waals surface area contributed by atoms with Crippen molar-refractivity contribution in [1.29, 1.82) is 0 Å². The van der Waals surface area contributed by atoms with Gasteiger partial charge in [-0.25, -0.2) is 13.1 Å². The van der Waals surface area contributed by atoms with Crippen LogP contribution in [0.2, 0.25) is 0 Å². The molecule has 0 unspecified atom stereocenters. The summed E-state index contributed by atoms with van der Waals surface area (Å²) in [4.78, 5) is 10.8. The van der Waals surface area contributed by atoms with Crippen molar-refractivity contribution in [2.45, 2.75) is 23.7 Å². The summed E-state index contributed by atoms with van der Waals surface area (Å²) in [5.74, 6) is -1.37. The van der Waals surface area contributed by atoms with Crippen molar-refractivity contribution >= 4 is 31.9 Å². The van der Waals surface area contributed by atoms with Crippen molar-refractivity contribution in [3.63, 3.8) is 0 Å². The number of hydrogen-bond acceptors (Lipinski definition) is 5. The van der Waals surface area contributed by atoms with Crippen molar-refractivity contribution in [3.8, 4) is 11.5 Å². The first-order valence-corrected chi connectivity index (χ1v) is 10.1. The number of carboxylic acid groups (broad SMARTS) is 1. The Morgan fingerprint density at radius 1 is 1.21 bits per heavy atom. The molecule has 7 nitrogen and oxygen atoms in total. The number of methoxy groups -OCH3 is 1. The fraction of sp³-hybridized carbons (Fsp3) is 0.235. The molecule has 0 saturated heterocycles. The number of carboxylic acids is 1. The van der Waals surface area contributed by atoms with Crippen molar-refractivity contribution in [3.05, 3.63) is 52.5 Å². The van der Waals surface area contributed by atoms with Crippen molar-refractivity contribution in [2.75, 3.05) is 7.11 Å². The van der Waals surface area contributed by atoms with Crippen molar-refractivity contribution in [1.82, 2.24) is 4.72 Å². The maximum absolute atomic E-state index is 12.6. The van der Waals surface area contributed by atoms with Crippen LogP contribution < -0.4 is 14.2 Å². The highest BCUT2D eigenvalue weighted by Crippen LogP contribution is 2.30. The van der Waals surface area contributed by atoms with Gasteiger partial charge in [-0.1, -0.05) is 6.07 Å². The quantitative estimate of drug-likeness (QED) is 0.574. The maximum Gasteiger partial charge on any atom is 0.573 e. The van der Waals surface area contributed by atoms with Gasteiger partial charge < -0.3 is 14.6 Å². The van der Waals surface area contributed by atoms with Gasteiger partial charge in [-0.3, -0.25) is 4.79 Å². The smallest absolute Gasteiger partial charge is 0.496 e. The van der Waals surface area contributed by atoms with Crippen molar-refractivity contribution < 1.29 is 41.0 Å². The van der Waals surface area contributed by atoms with E-state index in [4.69, 9.17) is 9.84 Å². The minimum Gasteiger partial charge on any atom is -0.496 e. The monoisotopic (exact) mass is 497 g/mol. The molecule has 0 aromatic heterocycles. The third-order valence-corrected chi connectivity index (χ3v) is 5.73. The second kappa shape index (κ2) is 9.01. The number of rotatable bonds is 8. The molecule has 158 valence electrons. The van der Waals surface area contributed by atoms with Gasteiger partial charge in [0.15, 0.2) is 0 Å². The number of sulfonamides is 1. The lowest BCUT2D eigenvalue weighted by Crippen LogP contribution is -2.30. The highest BCUT2D eigenvalue weighted by atomic mass is 79.9. The lowest BCUT2D eigenvalue weighted by Gasteiger charge is -2.19. The number of alkyl halides is 3. The molecular formula is C17H15BrF3NO6S. The molecule has 0 aliphatic heterocycles. The summed E-state index contributed by atoms with van der Waals surface area (Å²) < 4.78 is 73.4. The molecule has 0 amide bonds. The molecule has 0 aliphatic carbocycles. The number of aliphatic carboxylic acids is 1. The highest BCUT2D eigenvalue weighted by Gasteiger charge is 2.31. The molecule has 0 saturated carbocycles. The van der Waals surface area contributed by atoms with E-state index >= 15 is 0 Å². The van der Waals surface area contributed by atoms with Crippen molar-refractivity contribution in [2.24, 2.45) is 0 Å². The van der Waals surface area contributed by atoms with Gasteiger partial charge in [0.2, 0.25) is 10.0 Å². The summed E-state index contributed by atoms with van der Waals surface area (Å²) in [6.07, 6.45) is -5.47. The third-order valence-electron chi connectivity index (χ3n) is 3.62. The molecular weight excluding hydrogens is 483 g/mol. The molecule has 29 heavy (non-hydrogen) atoms. The van der Waals surface area contributed by atoms with Gasteiger partial charge >= 0.3 is 12.3 Å². The number of hydrogen-bond donors (Lipinski definition) is 2. The third kappa shape index (κ3) is 6.61. The van der Waals surface area contributed by atoms with E-state index in [9.17, 15) is 26.4 Å². The molecule has 2 N–H and O–H groups in total. The van der Waals surface area contributed by atoms with Crippen LogP contribution in [-0.4, -0.2) is 33.0 Å². The molecule has 2 rings (SSSR count). The van der Waals surface area contributed by atoms with Crippen LogP contribution in [0.4, 0.5) is 13.2 Å². The molecule has 12 heteroatoms. The average Bonchev–Trinajstić information content (AvgIpc) is 2.59. The summed E-state index contributed by atoms with van der Waals surface area (Å²) in [7, 11) is -2.81. The zero-order valence-electron chi connectivity index (χ0n) is 14.7. The minimum atomic E-state index is -4.91. The predicted molar refractivity (Wildman–Crippen MR) is 99.1 cm³/mol.